The number of thioether (sulfide) groups is 2. The number of hydrogen-bond acceptors (Lipinski definition) is 4. The first-order valence-corrected chi connectivity index (χ1v) is 17.9. The summed E-state index contributed by atoms with van der Waals surface area (Å²) >= 11 is 3.55. The average Bonchev–Trinajstić information content (AvgIpc) is 3.03. The Bertz CT molecular complexity index is 1470. The summed E-state index contributed by atoms with van der Waals surface area (Å²) in [7, 11) is 0. The van der Waals surface area contributed by atoms with Gasteiger partial charge in [0.1, 0.15) is 0 Å². The highest BCUT2D eigenvalue weighted by Crippen LogP contribution is 2.41. The number of Topliss-reactive ketones (excluding diaryl/α,β-unsaturated/α-hetero) is 2. The monoisotopic (exact) mass is 622 g/mol. The van der Waals surface area contributed by atoms with Crippen LogP contribution < -0.4 is 0 Å². The Morgan fingerprint density at radius 2 is 0.955 bits per heavy atom. The van der Waals surface area contributed by atoms with Gasteiger partial charge in [0, 0.05) is 16.4 Å². The summed E-state index contributed by atoms with van der Waals surface area (Å²) in [5.74, 6) is 1.17. The molecule has 0 aliphatic carbocycles. The van der Waals surface area contributed by atoms with Gasteiger partial charge >= 0.3 is 0 Å². The van der Waals surface area contributed by atoms with Crippen molar-refractivity contribution in [3.05, 3.63) is 142 Å². The highest BCUT2D eigenvalue weighted by Gasteiger charge is 2.28. The molecule has 230 valence electrons. The van der Waals surface area contributed by atoms with E-state index in [1.165, 1.54) is 17.5 Å². The summed E-state index contributed by atoms with van der Waals surface area (Å²) in [6.45, 7) is 10.5. The van der Waals surface area contributed by atoms with E-state index in [4.69, 9.17) is 0 Å². The standard InChI is InChI=1S/C40H46O2S2/c1-6-7-8-9-36(44-40(35-24-16-31(5)17-25-35)38(42)33-20-12-29(3)13-21-33)26-27-43-39(34-22-14-30(4)15-23-34)37(41)32-18-10-28(2)11-19-32/h10-25,36,39-40H,6-9,26-27H2,1-5H3. The third kappa shape index (κ3) is 9.71. The lowest BCUT2D eigenvalue weighted by atomic mass is 10.0. The molecule has 0 amide bonds. The molecule has 0 aliphatic heterocycles. The molecule has 0 aromatic heterocycles. The van der Waals surface area contributed by atoms with Crippen LogP contribution in [0.2, 0.25) is 0 Å². The molecule has 0 bridgehead atoms. The van der Waals surface area contributed by atoms with Gasteiger partial charge in [0.2, 0.25) is 0 Å². The largest absolute Gasteiger partial charge is 0.293 e. The van der Waals surface area contributed by atoms with Gasteiger partial charge in [-0.15, -0.1) is 23.5 Å². The molecule has 3 unspecified atom stereocenters. The fourth-order valence-electron chi connectivity index (χ4n) is 5.25. The molecule has 0 saturated heterocycles. The first-order valence-electron chi connectivity index (χ1n) is 15.9. The van der Waals surface area contributed by atoms with Gasteiger partial charge in [-0.2, -0.15) is 0 Å². The van der Waals surface area contributed by atoms with Gasteiger partial charge < -0.3 is 0 Å². The number of benzene rings is 4. The molecule has 4 heteroatoms. The summed E-state index contributed by atoms with van der Waals surface area (Å²) in [4.78, 5) is 27.8. The number of carbonyl (C=O) groups is 2. The SMILES string of the molecule is CCCCCC(CCSC(C(=O)c1ccc(C)cc1)c1ccc(C)cc1)SC(C(=O)c1ccc(C)cc1)c1ccc(C)cc1. The molecule has 4 rings (SSSR count). The van der Waals surface area contributed by atoms with E-state index in [-0.39, 0.29) is 22.1 Å². The van der Waals surface area contributed by atoms with Crippen molar-refractivity contribution in [3.63, 3.8) is 0 Å². The Balaban J connectivity index is 1.56. The molecule has 4 aromatic carbocycles. The fourth-order valence-corrected chi connectivity index (χ4v) is 8.21. The Hall–Kier alpha value is -3.08. The van der Waals surface area contributed by atoms with Crippen LogP contribution in [0.1, 0.15) is 104 Å². The molecule has 0 heterocycles. The van der Waals surface area contributed by atoms with E-state index >= 15 is 0 Å². The van der Waals surface area contributed by atoms with Crippen LogP contribution in [-0.4, -0.2) is 22.6 Å². The van der Waals surface area contributed by atoms with Crippen LogP contribution in [0.25, 0.3) is 0 Å². The van der Waals surface area contributed by atoms with Crippen molar-refractivity contribution in [1.29, 1.82) is 0 Å². The molecule has 0 N–H and O–H groups in total. The zero-order chi connectivity index (χ0) is 31.5. The molecule has 0 aliphatic rings. The van der Waals surface area contributed by atoms with Crippen molar-refractivity contribution < 1.29 is 9.59 Å². The lowest BCUT2D eigenvalue weighted by molar-refractivity contribution is 0.0981. The number of hydrogen-bond donors (Lipinski definition) is 0. The fraction of sp³-hybridized carbons (Fsp3) is 0.350. The second-order valence-corrected chi connectivity index (χ2v) is 14.6. The van der Waals surface area contributed by atoms with Crippen LogP contribution in [0.15, 0.2) is 97.1 Å². The minimum absolute atomic E-state index is 0.154. The number of ketones is 2. The lowest BCUT2D eigenvalue weighted by Gasteiger charge is -2.24. The Morgan fingerprint density at radius 3 is 1.41 bits per heavy atom. The van der Waals surface area contributed by atoms with Crippen molar-refractivity contribution in [1.82, 2.24) is 0 Å². The van der Waals surface area contributed by atoms with Crippen molar-refractivity contribution in [2.45, 2.75) is 82.5 Å². The molecule has 44 heavy (non-hydrogen) atoms. The number of aryl methyl sites for hydroxylation is 4. The van der Waals surface area contributed by atoms with Gasteiger partial charge in [-0.25, -0.2) is 0 Å². The van der Waals surface area contributed by atoms with Gasteiger partial charge in [-0.05, 0) is 57.4 Å². The topological polar surface area (TPSA) is 34.1 Å². The van der Waals surface area contributed by atoms with Crippen LogP contribution in [0.5, 0.6) is 0 Å². The molecule has 4 aromatic rings. The molecule has 0 spiro atoms. The van der Waals surface area contributed by atoms with Crippen LogP contribution in [0.4, 0.5) is 0 Å². The van der Waals surface area contributed by atoms with Crippen LogP contribution in [0, 0.1) is 27.7 Å². The molecule has 0 fully saturated rings. The Kier molecular flexibility index (Phi) is 12.9. The van der Waals surface area contributed by atoms with E-state index in [2.05, 4.69) is 76.2 Å². The Labute approximate surface area is 273 Å². The van der Waals surface area contributed by atoms with E-state index in [1.54, 1.807) is 11.8 Å². The summed E-state index contributed by atoms with van der Waals surface area (Å²) < 4.78 is 0. The Morgan fingerprint density at radius 1 is 0.545 bits per heavy atom. The maximum Gasteiger partial charge on any atom is 0.180 e. The summed E-state index contributed by atoms with van der Waals surface area (Å²) in [6.07, 6.45) is 5.48. The number of rotatable bonds is 16. The van der Waals surface area contributed by atoms with Gasteiger partial charge in [0.05, 0.1) is 10.5 Å². The molecule has 0 saturated carbocycles. The van der Waals surface area contributed by atoms with Crippen molar-refractivity contribution in [2.24, 2.45) is 0 Å². The average molecular weight is 623 g/mol. The van der Waals surface area contributed by atoms with Crippen molar-refractivity contribution in [3.8, 4) is 0 Å². The third-order valence-corrected chi connectivity index (χ3v) is 11.0. The van der Waals surface area contributed by atoms with Gasteiger partial charge in [-0.3, -0.25) is 9.59 Å². The van der Waals surface area contributed by atoms with E-state index in [0.717, 1.165) is 64.8 Å². The van der Waals surface area contributed by atoms with Crippen molar-refractivity contribution >= 4 is 35.1 Å². The molecular formula is C40H46O2S2. The van der Waals surface area contributed by atoms with E-state index < -0.39 is 0 Å². The third-order valence-electron chi connectivity index (χ3n) is 8.09. The quantitative estimate of drug-likeness (QED) is 0.0919. The molecule has 3 atom stereocenters. The minimum atomic E-state index is -0.267. The highest BCUT2D eigenvalue weighted by atomic mass is 32.2. The second kappa shape index (κ2) is 16.8. The summed E-state index contributed by atoms with van der Waals surface area (Å²) in [6, 6.07) is 32.7. The number of carbonyl (C=O) groups excluding carboxylic acids is 2. The zero-order valence-corrected chi connectivity index (χ0v) is 28.5. The molecule has 2 nitrogen and oxygen atoms in total. The molecular weight excluding hydrogens is 577 g/mol. The van der Waals surface area contributed by atoms with E-state index in [1.807, 2.05) is 67.2 Å². The van der Waals surface area contributed by atoms with Gasteiger partial charge in [-0.1, -0.05) is 146 Å². The molecule has 0 radical (unpaired) electrons. The van der Waals surface area contributed by atoms with Crippen molar-refractivity contribution in [2.75, 3.05) is 5.75 Å². The van der Waals surface area contributed by atoms with Crippen LogP contribution in [0.3, 0.4) is 0 Å². The summed E-state index contributed by atoms with van der Waals surface area (Å²) in [5.41, 5.74) is 8.31. The first-order chi connectivity index (χ1) is 21.2. The van der Waals surface area contributed by atoms with Crippen LogP contribution in [-0.2, 0) is 0 Å². The predicted octanol–water partition coefficient (Wildman–Crippen LogP) is 11.3. The highest BCUT2D eigenvalue weighted by molar-refractivity contribution is 8.01. The van der Waals surface area contributed by atoms with E-state index in [0.29, 0.717) is 5.25 Å². The second-order valence-electron chi connectivity index (χ2n) is 12.0. The minimum Gasteiger partial charge on any atom is -0.293 e. The van der Waals surface area contributed by atoms with Gasteiger partial charge in [0.15, 0.2) is 11.6 Å². The maximum atomic E-state index is 14.0. The number of unbranched alkanes of at least 4 members (excludes halogenated alkanes) is 2. The zero-order valence-electron chi connectivity index (χ0n) is 26.8. The summed E-state index contributed by atoms with van der Waals surface area (Å²) in [5, 5.41) is -0.221. The normalized spacial score (nSPS) is 13.3. The van der Waals surface area contributed by atoms with Gasteiger partial charge in [0.25, 0.3) is 0 Å². The predicted molar refractivity (Wildman–Crippen MR) is 191 cm³/mol. The smallest absolute Gasteiger partial charge is 0.180 e. The van der Waals surface area contributed by atoms with E-state index in [9.17, 15) is 9.59 Å². The first kappa shape index (κ1) is 33.8. The maximum absolute atomic E-state index is 14.0. The van der Waals surface area contributed by atoms with Crippen LogP contribution >= 0.6 is 23.5 Å². The lowest BCUT2D eigenvalue weighted by Crippen LogP contribution is -2.16.